The van der Waals surface area contributed by atoms with E-state index in [9.17, 15) is 18.0 Å². The third kappa shape index (κ3) is 5.88. The standard InChI is InChI=1S/C20H23F3N2O/c21-20(22,23)17-12-7-11-16(18(17)19(24)26)10-5-2-6-13-25-14-15-8-3-1-4-9-15/h1,3-4,7-9,11-12,25H,2,5-6,10,13-14H2,(H2,24,26). The van der Waals surface area contributed by atoms with Crippen LogP contribution < -0.4 is 11.1 Å². The second-order valence-corrected chi connectivity index (χ2v) is 6.17. The van der Waals surface area contributed by atoms with Crippen LogP contribution in [-0.4, -0.2) is 12.5 Å². The number of hydrogen-bond acceptors (Lipinski definition) is 2. The average Bonchev–Trinajstić information content (AvgIpc) is 2.60. The predicted molar refractivity (Wildman–Crippen MR) is 95.7 cm³/mol. The van der Waals surface area contributed by atoms with Gasteiger partial charge in [0.1, 0.15) is 0 Å². The highest BCUT2D eigenvalue weighted by Crippen LogP contribution is 2.33. The molecule has 0 bridgehead atoms. The molecule has 0 aliphatic heterocycles. The number of carbonyl (C=O) groups is 1. The molecule has 6 heteroatoms. The molecular formula is C20H23F3N2O. The van der Waals surface area contributed by atoms with Crippen molar-refractivity contribution in [2.45, 2.75) is 38.4 Å². The van der Waals surface area contributed by atoms with E-state index in [0.29, 0.717) is 18.4 Å². The molecule has 140 valence electrons. The molecule has 0 unspecified atom stereocenters. The maximum atomic E-state index is 13.0. The first-order chi connectivity index (χ1) is 12.4. The topological polar surface area (TPSA) is 55.1 Å². The molecule has 0 saturated carbocycles. The highest BCUT2D eigenvalue weighted by molar-refractivity contribution is 5.96. The third-order valence-corrected chi connectivity index (χ3v) is 4.17. The van der Waals surface area contributed by atoms with Crippen LogP contribution in [0.5, 0.6) is 0 Å². The largest absolute Gasteiger partial charge is 0.417 e. The van der Waals surface area contributed by atoms with Crippen molar-refractivity contribution in [2.75, 3.05) is 6.54 Å². The Hall–Kier alpha value is -2.34. The summed E-state index contributed by atoms with van der Waals surface area (Å²) in [5.74, 6) is -1.03. The van der Waals surface area contributed by atoms with Crippen molar-refractivity contribution >= 4 is 5.91 Å². The number of hydrogen-bond donors (Lipinski definition) is 2. The van der Waals surface area contributed by atoms with Crippen LogP contribution >= 0.6 is 0 Å². The fourth-order valence-corrected chi connectivity index (χ4v) is 2.91. The molecule has 26 heavy (non-hydrogen) atoms. The molecule has 3 N–H and O–H groups in total. The second-order valence-electron chi connectivity index (χ2n) is 6.17. The van der Waals surface area contributed by atoms with Crippen molar-refractivity contribution in [1.82, 2.24) is 5.32 Å². The van der Waals surface area contributed by atoms with Gasteiger partial charge in [0.2, 0.25) is 5.91 Å². The van der Waals surface area contributed by atoms with E-state index in [1.54, 1.807) is 6.07 Å². The van der Waals surface area contributed by atoms with Gasteiger partial charge in [-0.1, -0.05) is 48.9 Å². The lowest BCUT2D eigenvalue weighted by Crippen LogP contribution is -2.21. The molecule has 1 amide bonds. The number of rotatable bonds is 9. The molecule has 2 aromatic carbocycles. The monoisotopic (exact) mass is 364 g/mol. The normalized spacial score (nSPS) is 11.5. The van der Waals surface area contributed by atoms with Crippen molar-refractivity contribution in [1.29, 1.82) is 0 Å². The number of amides is 1. The zero-order chi connectivity index (χ0) is 19.0. The molecule has 0 atom stereocenters. The average molecular weight is 364 g/mol. The summed E-state index contributed by atoms with van der Waals surface area (Å²) in [5, 5.41) is 3.34. The van der Waals surface area contributed by atoms with Gasteiger partial charge in [0, 0.05) is 6.54 Å². The van der Waals surface area contributed by atoms with Gasteiger partial charge >= 0.3 is 6.18 Å². The lowest BCUT2D eigenvalue weighted by molar-refractivity contribution is -0.138. The Balaban J connectivity index is 1.80. The van der Waals surface area contributed by atoms with E-state index in [1.165, 1.54) is 11.6 Å². The Labute approximate surface area is 151 Å². The molecule has 0 saturated heterocycles. The predicted octanol–water partition coefficient (Wildman–Crippen LogP) is 4.31. The number of aryl methyl sites for hydroxylation is 1. The number of halogens is 3. The van der Waals surface area contributed by atoms with Gasteiger partial charge in [0.15, 0.2) is 0 Å². The van der Waals surface area contributed by atoms with Crippen LogP contribution in [0.1, 0.15) is 46.3 Å². The molecular weight excluding hydrogens is 341 g/mol. The number of benzene rings is 2. The molecule has 3 nitrogen and oxygen atoms in total. The quantitative estimate of drug-likeness (QED) is 0.652. The Morgan fingerprint density at radius 1 is 0.962 bits per heavy atom. The van der Waals surface area contributed by atoms with E-state index in [1.807, 2.05) is 30.3 Å². The first-order valence-corrected chi connectivity index (χ1v) is 8.63. The lowest BCUT2D eigenvalue weighted by atomic mass is 9.96. The van der Waals surface area contributed by atoms with E-state index in [2.05, 4.69) is 5.32 Å². The van der Waals surface area contributed by atoms with Gasteiger partial charge < -0.3 is 11.1 Å². The summed E-state index contributed by atoms with van der Waals surface area (Å²) in [4.78, 5) is 11.5. The van der Waals surface area contributed by atoms with Gasteiger partial charge in [-0.05, 0) is 43.0 Å². The number of primary amides is 1. The van der Waals surface area contributed by atoms with Gasteiger partial charge in [-0.25, -0.2) is 0 Å². The minimum Gasteiger partial charge on any atom is -0.366 e. The van der Waals surface area contributed by atoms with Crippen LogP contribution in [0.4, 0.5) is 13.2 Å². The van der Waals surface area contributed by atoms with E-state index >= 15 is 0 Å². The Kier molecular flexibility index (Phi) is 7.21. The Morgan fingerprint density at radius 3 is 2.35 bits per heavy atom. The molecule has 0 spiro atoms. The minimum absolute atomic E-state index is 0.365. The van der Waals surface area contributed by atoms with E-state index < -0.39 is 23.2 Å². The van der Waals surface area contributed by atoms with Gasteiger partial charge in [0.05, 0.1) is 11.1 Å². The van der Waals surface area contributed by atoms with Gasteiger partial charge in [0.25, 0.3) is 0 Å². The van der Waals surface area contributed by atoms with Crippen molar-refractivity contribution in [3.05, 3.63) is 70.8 Å². The summed E-state index contributed by atoms with van der Waals surface area (Å²) in [7, 11) is 0. The zero-order valence-electron chi connectivity index (χ0n) is 14.5. The number of unbranched alkanes of at least 4 members (excludes halogenated alkanes) is 2. The summed E-state index contributed by atoms with van der Waals surface area (Å²) in [6, 6.07) is 13.8. The number of alkyl halides is 3. The van der Waals surface area contributed by atoms with E-state index in [-0.39, 0.29) is 0 Å². The van der Waals surface area contributed by atoms with E-state index in [0.717, 1.165) is 32.0 Å². The molecule has 0 fully saturated rings. The molecule has 0 aliphatic carbocycles. The Morgan fingerprint density at radius 2 is 1.69 bits per heavy atom. The molecule has 2 aromatic rings. The van der Waals surface area contributed by atoms with E-state index in [4.69, 9.17) is 5.73 Å². The molecule has 0 aromatic heterocycles. The van der Waals surface area contributed by atoms with Crippen LogP contribution in [0.2, 0.25) is 0 Å². The van der Waals surface area contributed by atoms with Crippen LogP contribution in [0.25, 0.3) is 0 Å². The van der Waals surface area contributed by atoms with Gasteiger partial charge in [-0.15, -0.1) is 0 Å². The molecule has 2 rings (SSSR count). The maximum absolute atomic E-state index is 13.0. The fraction of sp³-hybridized carbons (Fsp3) is 0.350. The SMILES string of the molecule is NC(=O)c1c(CCCCCNCc2ccccc2)cccc1C(F)(F)F. The van der Waals surface area contributed by atoms with Crippen LogP contribution in [0.15, 0.2) is 48.5 Å². The smallest absolute Gasteiger partial charge is 0.366 e. The Bertz CT molecular complexity index is 715. The van der Waals surface area contributed by atoms with Crippen LogP contribution in [0, 0.1) is 0 Å². The third-order valence-electron chi connectivity index (χ3n) is 4.17. The summed E-state index contributed by atoms with van der Waals surface area (Å²) in [6.07, 6.45) is -1.70. The summed E-state index contributed by atoms with van der Waals surface area (Å²) < 4.78 is 39.1. The number of nitrogens with one attached hydrogen (secondary N) is 1. The van der Waals surface area contributed by atoms with Crippen molar-refractivity contribution in [2.24, 2.45) is 5.73 Å². The lowest BCUT2D eigenvalue weighted by Gasteiger charge is -2.14. The van der Waals surface area contributed by atoms with Gasteiger partial charge in [-0.3, -0.25) is 4.79 Å². The van der Waals surface area contributed by atoms with Crippen molar-refractivity contribution in [3.8, 4) is 0 Å². The highest BCUT2D eigenvalue weighted by atomic mass is 19.4. The number of nitrogens with two attached hydrogens (primary N) is 1. The molecule has 0 radical (unpaired) electrons. The first-order valence-electron chi connectivity index (χ1n) is 8.63. The summed E-state index contributed by atoms with van der Waals surface area (Å²) in [5.41, 5.74) is 5.41. The second kappa shape index (κ2) is 9.38. The molecule has 0 aliphatic rings. The summed E-state index contributed by atoms with van der Waals surface area (Å²) in [6.45, 7) is 1.63. The zero-order valence-corrected chi connectivity index (χ0v) is 14.5. The number of carbonyl (C=O) groups excluding carboxylic acids is 1. The minimum atomic E-state index is -4.58. The summed E-state index contributed by atoms with van der Waals surface area (Å²) >= 11 is 0. The van der Waals surface area contributed by atoms with Crippen LogP contribution in [0.3, 0.4) is 0 Å². The maximum Gasteiger partial charge on any atom is 0.417 e. The highest BCUT2D eigenvalue weighted by Gasteiger charge is 2.35. The molecule has 0 heterocycles. The van der Waals surface area contributed by atoms with Crippen molar-refractivity contribution < 1.29 is 18.0 Å². The van der Waals surface area contributed by atoms with Crippen LogP contribution in [-0.2, 0) is 19.1 Å². The first kappa shape index (κ1) is 20.0. The van der Waals surface area contributed by atoms with Gasteiger partial charge in [-0.2, -0.15) is 13.2 Å². The fourth-order valence-electron chi connectivity index (χ4n) is 2.91. The van der Waals surface area contributed by atoms with Crippen molar-refractivity contribution in [3.63, 3.8) is 0 Å².